The zero-order valence-corrected chi connectivity index (χ0v) is 11.2. The Morgan fingerprint density at radius 1 is 0.933 bits per heavy atom. The Hall–Kier alpha value is -0.120. The van der Waals surface area contributed by atoms with Crippen molar-refractivity contribution < 1.29 is 9.84 Å². The van der Waals surface area contributed by atoms with Gasteiger partial charge in [0, 0.05) is 25.2 Å². The van der Waals surface area contributed by atoms with Crippen LogP contribution in [0.2, 0.25) is 0 Å². The summed E-state index contributed by atoms with van der Waals surface area (Å²) in [6, 6.07) is 0.970. The monoisotopic (exact) mass is 217 g/mol. The zero-order valence-electron chi connectivity index (χ0n) is 11.2. The fraction of sp³-hybridized carbons (Fsp3) is 1.00. The van der Waals surface area contributed by atoms with Crippen molar-refractivity contribution in [1.29, 1.82) is 0 Å². The molecule has 3 unspecified atom stereocenters. The molecule has 0 aliphatic carbocycles. The summed E-state index contributed by atoms with van der Waals surface area (Å²) in [5.41, 5.74) is 0. The van der Waals surface area contributed by atoms with Gasteiger partial charge in [-0.25, -0.2) is 0 Å². The predicted molar refractivity (Wildman–Crippen MR) is 64.1 cm³/mol. The Morgan fingerprint density at radius 2 is 1.33 bits per heavy atom. The lowest BCUT2D eigenvalue weighted by molar-refractivity contribution is -0.0581. The molecule has 3 atom stereocenters. The number of hydrogen-bond donors (Lipinski definition) is 1. The zero-order chi connectivity index (χ0) is 12.2. The Morgan fingerprint density at radius 3 is 1.60 bits per heavy atom. The summed E-state index contributed by atoms with van der Waals surface area (Å²) in [6.45, 7) is 12.6. The molecule has 0 aromatic carbocycles. The second-order valence-corrected chi connectivity index (χ2v) is 4.81. The van der Waals surface area contributed by atoms with Gasteiger partial charge in [0.2, 0.25) is 0 Å². The van der Waals surface area contributed by atoms with Gasteiger partial charge in [0.15, 0.2) is 0 Å². The summed E-state index contributed by atoms with van der Waals surface area (Å²) in [7, 11) is 1.63. The van der Waals surface area contributed by atoms with Crippen LogP contribution in [0.5, 0.6) is 0 Å². The maximum Gasteiger partial charge on any atom is 0.0951 e. The molecule has 0 bridgehead atoms. The lowest BCUT2D eigenvalue weighted by atomic mass is 10.0. The van der Waals surface area contributed by atoms with Crippen LogP contribution in [0.3, 0.4) is 0 Å². The van der Waals surface area contributed by atoms with Crippen LogP contribution >= 0.6 is 0 Å². The van der Waals surface area contributed by atoms with Gasteiger partial charge in [0.1, 0.15) is 0 Å². The van der Waals surface area contributed by atoms with Gasteiger partial charge in [0.25, 0.3) is 0 Å². The summed E-state index contributed by atoms with van der Waals surface area (Å²) in [5.74, 6) is 0. The summed E-state index contributed by atoms with van der Waals surface area (Å²) in [5, 5.41) is 10.1. The van der Waals surface area contributed by atoms with Crippen molar-refractivity contribution in [2.45, 2.75) is 71.9 Å². The number of hydrogen-bond acceptors (Lipinski definition) is 3. The van der Waals surface area contributed by atoms with Crippen LogP contribution < -0.4 is 0 Å². The average molecular weight is 217 g/mol. The van der Waals surface area contributed by atoms with E-state index in [2.05, 4.69) is 39.5 Å². The standard InChI is InChI=1S/C12H27NO2/c1-8(2)13(9(3)4)10(5)12(14)11(6)15-7/h8-12,14H,1-7H3. The highest BCUT2D eigenvalue weighted by molar-refractivity contribution is 4.83. The van der Waals surface area contributed by atoms with Gasteiger partial charge < -0.3 is 9.84 Å². The van der Waals surface area contributed by atoms with E-state index in [0.29, 0.717) is 12.1 Å². The summed E-state index contributed by atoms with van der Waals surface area (Å²) in [6.07, 6.45) is -0.570. The number of methoxy groups -OCH3 is 1. The van der Waals surface area contributed by atoms with E-state index in [-0.39, 0.29) is 12.1 Å². The first kappa shape index (κ1) is 14.9. The quantitative estimate of drug-likeness (QED) is 0.737. The van der Waals surface area contributed by atoms with Crippen molar-refractivity contribution in [3.63, 3.8) is 0 Å². The van der Waals surface area contributed by atoms with E-state index in [1.165, 1.54) is 0 Å². The number of nitrogens with zero attached hydrogens (tertiary/aromatic N) is 1. The maximum atomic E-state index is 10.1. The Kier molecular flexibility index (Phi) is 6.41. The molecule has 3 nitrogen and oxygen atoms in total. The fourth-order valence-electron chi connectivity index (χ4n) is 2.24. The fourth-order valence-corrected chi connectivity index (χ4v) is 2.24. The summed E-state index contributed by atoms with van der Waals surface area (Å²) < 4.78 is 5.17. The highest BCUT2D eigenvalue weighted by Crippen LogP contribution is 2.16. The van der Waals surface area contributed by atoms with Gasteiger partial charge in [0.05, 0.1) is 12.2 Å². The van der Waals surface area contributed by atoms with E-state index in [4.69, 9.17) is 4.74 Å². The molecule has 0 aromatic heterocycles. The molecule has 0 radical (unpaired) electrons. The highest BCUT2D eigenvalue weighted by atomic mass is 16.5. The molecule has 0 aromatic rings. The number of rotatable bonds is 6. The van der Waals surface area contributed by atoms with Crippen molar-refractivity contribution in [2.75, 3.05) is 7.11 Å². The van der Waals surface area contributed by atoms with Crippen LogP contribution in [0.4, 0.5) is 0 Å². The third-order valence-corrected chi connectivity index (χ3v) is 3.01. The first-order valence-electron chi connectivity index (χ1n) is 5.81. The van der Waals surface area contributed by atoms with Crippen LogP contribution in [0, 0.1) is 0 Å². The normalized spacial score (nSPS) is 18.6. The van der Waals surface area contributed by atoms with Gasteiger partial charge in [-0.15, -0.1) is 0 Å². The second-order valence-electron chi connectivity index (χ2n) is 4.81. The van der Waals surface area contributed by atoms with Crippen molar-refractivity contribution >= 4 is 0 Å². The van der Waals surface area contributed by atoms with Crippen molar-refractivity contribution in [3.05, 3.63) is 0 Å². The molecule has 0 aliphatic rings. The maximum absolute atomic E-state index is 10.1. The van der Waals surface area contributed by atoms with Gasteiger partial charge in [-0.2, -0.15) is 0 Å². The molecular formula is C12H27NO2. The molecular weight excluding hydrogens is 190 g/mol. The van der Waals surface area contributed by atoms with Crippen LogP contribution in [0.25, 0.3) is 0 Å². The van der Waals surface area contributed by atoms with Crippen molar-refractivity contribution in [3.8, 4) is 0 Å². The highest BCUT2D eigenvalue weighted by Gasteiger charge is 2.29. The molecule has 0 fully saturated rings. The first-order valence-corrected chi connectivity index (χ1v) is 5.81. The van der Waals surface area contributed by atoms with Crippen LogP contribution in [0.15, 0.2) is 0 Å². The van der Waals surface area contributed by atoms with E-state index in [1.807, 2.05) is 6.92 Å². The smallest absolute Gasteiger partial charge is 0.0951 e. The molecule has 0 saturated carbocycles. The SMILES string of the molecule is COC(C)C(O)C(C)N(C(C)C)C(C)C. The predicted octanol–water partition coefficient (Wildman–Crippen LogP) is 1.89. The van der Waals surface area contributed by atoms with E-state index in [9.17, 15) is 5.11 Å². The molecule has 92 valence electrons. The van der Waals surface area contributed by atoms with Gasteiger partial charge in [-0.05, 0) is 41.5 Å². The number of aliphatic hydroxyl groups excluding tert-OH is 1. The lowest BCUT2D eigenvalue weighted by Crippen LogP contribution is -2.52. The minimum absolute atomic E-state index is 0.111. The van der Waals surface area contributed by atoms with Gasteiger partial charge in [-0.3, -0.25) is 4.90 Å². The Balaban J connectivity index is 4.55. The molecule has 0 heterocycles. The molecule has 0 rings (SSSR count). The molecule has 3 heteroatoms. The average Bonchev–Trinajstić information content (AvgIpc) is 2.14. The Bertz CT molecular complexity index is 163. The van der Waals surface area contributed by atoms with Crippen molar-refractivity contribution in [1.82, 2.24) is 4.90 Å². The minimum atomic E-state index is -0.445. The molecule has 0 amide bonds. The van der Waals surface area contributed by atoms with Gasteiger partial charge >= 0.3 is 0 Å². The largest absolute Gasteiger partial charge is 0.389 e. The number of ether oxygens (including phenoxy) is 1. The summed E-state index contributed by atoms with van der Waals surface area (Å²) in [4.78, 5) is 2.31. The molecule has 0 aliphatic heterocycles. The minimum Gasteiger partial charge on any atom is -0.389 e. The number of aliphatic hydroxyl groups is 1. The van der Waals surface area contributed by atoms with Gasteiger partial charge in [-0.1, -0.05) is 0 Å². The second kappa shape index (κ2) is 6.46. The molecule has 15 heavy (non-hydrogen) atoms. The van der Waals surface area contributed by atoms with E-state index in [0.717, 1.165) is 0 Å². The summed E-state index contributed by atoms with van der Waals surface area (Å²) >= 11 is 0. The van der Waals surface area contributed by atoms with Crippen LogP contribution in [0.1, 0.15) is 41.5 Å². The van der Waals surface area contributed by atoms with Crippen molar-refractivity contribution in [2.24, 2.45) is 0 Å². The molecule has 0 spiro atoms. The molecule has 1 N–H and O–H groups in total. The first-order chi connectivity index (χ1) is 6.82. The Labute approximate surface area is 94.4 Å². The van der Waals surface area contributed by atoms with Crippen LogP contribution in [-0.4, -0.2) is 47.4 Å². The van der Waals surface area contributed by atoms with E-state index >= 15 is 0 Å². The van der Waals surface area contributed by atoms with Crippen LogP contribution in [-0.2, 0) is 4.74 Å². The third kappa shape index (κ3) is 4.09. The molecule has 0 saturated heterocycles. The van der Waals surface area contributed by atoms with E-state index < -0.39 is 6.10 Å². The topological polar surface area (TPSA) is 32.7 Å². The van der Waals surface area contributed by atoms with E-state index in [1.54, 1.807) is 7.11 Å². The third-order valence-electron chi connectivity index (χ3n) is 3.01. The lowest BCUT2D eigenvalue weighted by Gasteiger charge is -2.39.